The summed E-state index contributed by atoms with van der Waals surface area (Å²) in [5, 5.41) is 12.2. The van der Waals surface area contributed by atoms with Crippen LogP contribution in [0.1, 0.15) is 5.89 Å². The Kier molecular flexibility index (Phi) is 4.36. The third kappa shape index (κ3) is 3.23. The quantitative estimate of drug-likeness (QED) is 0.783. The van der Waals surface area contributed by atoms with Crippen LogP contribution in [0.3, 0.4) is 0 Å². The molecule has 0 aliphatic carbocycles. The molecule has 0 saturated carbocycles. The second kappa shape index (κ2) is 6.20. The number of hydrogen-bond donors (Lipinski definition) is 0. The number of nitrogens with zero attached hydrogens (tertiary/aromatic N) is 3. The van der Waals surface area contributed by atoms with Crippen molar-refractivity contribution in [3.05, 3.63) is 29.9 Å². The number of aromatic nitrogens is 2. The fourth-order valence-corrected chi connectivity index (χ4v) is 1.90. The maximum atomic E-state index is 13.3. The van der Waals surface area contributed by atoms with Crippen LogP contribution in [0.2, 0.25) is 0 Å². The van der Waals surface area contributed by atoms with E-state index in [0.29, 0.717) is 28.8 Å². The third-order valence-corrected chi connectivity index (χ3v) is 3.05. The summed E-state index contributed by atoms with van der Waals surface area (Å²) in [4.78, 5) is 4.17. The first-order chi connectivity index (χ1) is 9.24. The monoisotopic (exact) mass is 279 g/mol. The van der Waals surface area contributed by atoms with Gasteiger partial charge in [0.2, 0.25) is 11.7 Å². The Balaban J connectivity index is 2.16. The van der Waals surface area contributed by atoms with Crippen LogP contribution in [-0.4, -0.2) is 23.0 Å². The Morgan fingerprint density at radius 1 is 1.53 bits per heavy atom. The maximum absolute atomic E-state index is 13.3. The number of nitriles is 1. The van der Waals surface area contributed by atoms with E-state index in [4.69, 9.17) is 14.5 Å². The first-order valence-corrected chi connectivity index (χ1v) is 6.51. The van der Waals surface area contributed by atoms with E-state index in [1.165, 1.54) is 31.0 Å². The van der Waals surface area contributed by atoms with Crippen LogP contribution >= 0.6 is 11.8 Å². The molecule has 0 aliphatic heterocycles. The van der Waals surface area contributed by atoms with E-state index in [0.717, 1.165) is 0 Å². The van der Waals surface area contributed by atoms with Gasteiger partial charge in [-0.3, -0.25) is 0 Å². The second-order valence-corrected chi connectivity index (χ2v) is 4.50. The Labute approximate surface area is 113 Å². The van der Waals surface area contributed by atoms with Crippen molar-refractivity contribution in [1.82, 2.24) is 10.1 Å². The first kappa shape index (κ1) is 13.4. The Morgan fingerprint density at radius 3 is 3.11 bits per heavy atom. The van der Waals surface area contributed by atoms with Gasteiger partial charge in [-0.1, -0.05) is 5.16 Å². The molecule has 2 aromatic rings. The summed E-state index contributed by atoms with van der Waals surface area (Å²) in [7, 11) is 1.39. The SMILES string of the molecule is COc1cc(-c2noc(CSCC#N)n2)ccc1F. The fourth-order valence-electron chi connectivity index (χ4n) is 1.41. The van der Waals surface area contributed by atoms with Crippen LogP contribution in [-0.2, 0) is 5.75 Å². The van der Waals surface area contributed by atoms with Crippen molar-refractivity contribution in [3.8, 4) is 23.2 Å². The maximum Gasteiger partial charge on any atom is 0.236 e. The molecule has 2 rings (SSSR count). The minimum Gasteiger partial charge on any atom is -0.494 e. The summed E-state index contributed by atoms with van der Waals surface area (Å²) < 4.78 is 23.2. The van der Waals surface area contributed by atoms with Crippen molar-refractivity contribution in [1.29, 1.82) is 5.26 Å². The summed E-state index contributed by atoms with van der Waals surface area (Å²) in [6.45, 7) is 0. The minimum atomic E-state index is -0.445. The number of thioether (sulfide) groups is 1. The van der Waals surface area contributed by atoms with E-state index in [1.807, 2.05) is 6.07 Å². The molecule has 19 heavy (non-hydrogen) atoms. The number of halogens is 1. The molecule has 0 aliphatic rings. The van der Waals surface area contributed by atoms with Crippen molar-refractivity contribution >= 4 is 11.8 Å². The van der Waals surface area contributed by atoms with E-state index in [9.17, 15) is 4.39 Å². The van der Waals surface area contributed by atoms with Crippen LogP contribution < -0.4 is 4.74 Å². The average Bonchev–Trinajstić information content (AvgIpc) is 2.88. The minimum absolute atomic E-state index is 0.128. The van der Waals surface area contributed by atoms with E-state index in [1.54, 1.807) is 6.07 Å². The van der Waals surface area contributed by atoms with Gasteiger partial charge in [0.05, 0.1) is 24.7 Å². The predicted molar refractivity (Wildman–Crippen MR) is 68.0 cm³/mol. The molecular formula is C12H10FN3O2S. The zero-order valence-corrected chi connectivity index (χ0v) is 10.9. The lowest BCUT2D eigenvalue weighted by Gasteiger charge is -2.02. The highest BCUT2D eigenvalue weighted by atomic mass is 32.2. The number of methoxy groups -OCH3 is 1. The number of benzene rings is 1. The summed E-state index contributed by atoms with van der Waals surface area (Å²) in [6.07, 6.45) is 0. The van der Waals surface area contributed by atoms with Crippen LogP contribution in [0.15, 0.2) is 22.7 Å². The van der Waals surface area contributed by atoms with Crippen molar-refractivity contribution in [2.24, 2.45) is 0 Å². The molecule has 0 saturated heterocycles. The molecule has 1 aromatic carbocycles. The summed E-state index contributed by atoms with van der Waals surface area (Å²) in [5.41, 5.74) is 0.610. The molecule has 0 atom stereocenters. The third-order valence-electron chi connectivity index (χ3n) is 2.27. The van der Waals surface area contributed by atoms with E-state index < -0.39 is 5.82 Å². The highest BCUT2D eigenvalue weighted by Crippen LogP contribution is 2.24. The molecule has 98 valence electrons. The first-order valence-electron chi connectivity index (χ1n) is 5.35. The van der Waals surface area contributed by atoms with Crippen molar-refractivity contribution in [2.75, 3.05) is 12.9 Å². The van der Waals surface area contributed by atoms with Crippen LogP contribution in [0, 0.1) is 17.1 Å². The van der Waals surface area contributed by atoms with Gasteiger partial charge in [0, 0.05) is 5.56 Å². The van der Waals surface area contributed by atoms with Crippen LogP contribution in [0.5, 0.6) is 5.75 Å². The molecule has 1 heterocycles. The van der Waals surface area contributed by atoms with Crippen LogP contribution in [0.4, 0.5) is 4.39 Å². The molecule has 5 nitrogen and oxygen atoms in total. The number of rotatable bonds is 5. The highest BCUT2D eigenvalue weighted by Gasteiger charge is 2.11. The molecule has 0 fully saturated rings. The number of ether oxygens (including phenoxy) is 1. The fraction of sp³-hybridized carbons (Fsp3) is 0.250. The molecule has 0 spiro atoms. The Hall–Kier alpha value is -2.07. The lowest BCUT2D eigenvalue weighted by atomic mass is 10.2. The molecule has 0 bridgehead atoms. The van der Waals surface area contributed by atoms with Crippen molar-refractivity contribution in [2.45, 2.75) is 5.75 Å². The molecule has 0 N–H and O–H groups in total. The molecule has 0 radical (unpaired) electrons. The van der Waals surface area contributed by atoms with Gasteiger partial charge < -0.3 is 9.26 Å². The summed E-state index contributed by atoms with van der Waals surface area (Å²) >= 11 is 1.38. The van der Waals surface area contributed by atoms with Gasteiger partial charge in [-0.25, -0.2) is 4.39 Å². The van der Waals surface area contributed by atoms with Gasteiger partial charge in [-0.05, 0) is 18.2 Å². The standard InChI is InChI=1S/C12H10FN3O2S/c1-17-10-6-8(2-3-9(10)13)12-15-11(18-16-12)7-19-5-4-14/h2-3,6H,5,7H2,1H3. The topological polar surface area (TPSA) is 71.9 Å². The highest BCUT2D eigenvalue weighted by molar-refractivity contribution is 7.98. The lowest BCUT2D eigenvalue weighted by Crippen LogP contribution is -1.90. The van der Waals surface area contributed by atoms with Gasteiger partial charge in [0.25, 0.3) is 0 Å². The second-order valence-electron chi connectivity index (χ2n) is 3.51. The molecule has 1 aromatic heterocycles. The lowest BCUT2D eigenvalue weighted by molar-refractivity contribution is 0.386. The average molecular weight is 279 g/mol. The van der Waals surface area contributed by atoms with Gasteiger partial charge in [0.15, 0.2) is 11.6 Å². The Bertz CT molecular complexity index is 609. The van der Waals surface area contributed by atoms with E-state index in [2.05, 4.69) is 10.1 Å². The van der Waals surface area contributed by atoms with Gasteiger partial charge in [-0.2, -0.15) is 10.2 Å². The van der Waals surface area contributed by atoms with E-state index >= 15 is 0 Å². The van der Waals surface area contributed by atoms with Crippen LogP contribution in [0.25, 0.3) is 11.4 Å². The van der Waals surface area contributed by atoms with Gasteiger partial charge >= 0.3 is 0 Å². The van der Waals surface area contributed by atoms with E-state index in [-0.39, 0.29) is 5.75 Å². The summed E-state index contributed by atoms with van der Waals surface area (Å²) in [5.74, 6) is 1.31. The zero-order valence-electron chi connectivity index (χ0n) is 10.1. The van der Waals surface area contributed by atoms with Gasteiger partial charge in [0.1, 0.15) is 0 Å². The number of hydrogen-bond acceptors (Lipinski definition) is 6. The molecule has 7 heteroatoms. The van der Waals surface area contributed by atoms with Gasteiger partial charge in [-0.15, -0.1) is 11.8 Å². The Morgan fingerprint density at radius 2 is 2.37 bits per heavy atom. The molecular weight excluding hydrogens is 269 g/mol. The van der Waals surface area contributed by atoms with Crippen molar-refractivity contribution in [3.63, 3.8) is 0 Å². The molecule has 0 unspecified atom stereocenters. The van der Waals surface area contributed by atoms with Crippen molar-refractivity contribution < 1.29 is 13.7 Å². The normalized spacial score (nSPS) is 10.2. The predicted octanol–water partition coefficient (Wildman–Crippen LogP) is 2.64. The summed E-state index contributed by atoms with van der Waals surface area (Å²) in [6, 6.07) is 6.36. The largest absolute Gasteiger partial charge is 0.494 e. The zero-order chi connectivity index (χ0) is 13.7. The molecule has 0 amide bonds. The smallest absolute Gasteiger partial charge is 0.236 e.